The van der Waals surface area contributed by atoms with Crippen LogP contribution in [0.3, 0.4) is 0 Å². The van der Waals surface area contributed by atoms with Gasteiger partial charge in [-0.05, 0) is 37.6 Å². The SMILES string of the molecule is CN1CC(Oc2ccc(C3(CN)CC3)cc2Cl)C1. The van der Waals surface area contributed by atoms with Crippen molar-refractivity contribution < 1.29 is 4.74 Å². The summed E-state index contributed by atoms with van der Waals surface area (Å²) < 4.78 is 5.87. The van der Waals surface area contributed by atoms with Crippen LogP contribution in [-0.2, 0) is 5.41 Å². The first-order valence-corrected chi connectivity index (χ1v) is 6.86. The highest BCUT2D eigenvalue weighted by molar-refractivity contribution is 6.32. The van der Waals surface area contributed by atoms with Crippen LogP contribution in [-0.4, -0.2) is 37.7 Å². The van der Waals surface area contributed by atoms with Gasteiger partial charge in [-0.2, -0.15) is 0 Å². The molecule has 1 heterocycles. The first-order chi connectivity index (χ1) is 8.63. The molecule has 1 aromatic rings. The van der Waals surface area contributed by atoms with Crippen molar-refractivity contribution in [1.82, 2.24) is 4.90 Å². The molecule has 3 rings (SSSR count). The average Bonchev–Trinajstić information content (AvgIpc) is 3.10. The maximum Gasteiger partial charge on any atom is 0.138 e. The highest BCUT2D eigenvalue weighted by atomic mass is 35.5. The van der Waals surface area contributed by atoms with E-state index in [9.17, 15) is 0 Å². The van der Waals surface area contributed by atoms with Crippen molar-refractivity contribution in [3.05, 3.63) is 28.8 Å². The fourth-order valence-corrected chi connectivity index (χ4v) is 2.81. The minimum atomic E-state index is 0.193. The molecule has 0 aromatic heterocycles. The molecule has 98 valence electrons. The quantitative estimate of drug-likeness (QED) is 0.906. The minimum Gasteiger partial charge on any atom is -0.486 e. The van der Waals surface area contributed by atoms with Crippen LogP contribution in [0.5, 0.6) is 5.75 Å². The van der Waals surface area contributed by atoms with Crippen molar-refractivity contribution in [1.29, 1.82) is 0 Å². The standard InChI is InChI=1S/C14H19ClN2O/c1-17-7-11(8-17)18-13-3-2-10(6-12(13)15)14(9-16)4-5-14/h2-3,6,11H,4-5,7-9,16H2,1H3. The first-order valence-electron chi connectivity index (χ1n) is 6.48. The zero-order chi connectivity index (χ0) is 12.8. The molecule has 2 aliphatic rings. The molecule has 2 N–H and O–H groups in total. The summed E-state index contributed by atoms with van der Waals surface area (Å²) in [6, 6.07) is 6.13. The van der Waals surface area contributed by atoms with Crippen molar-refractivity contribution in [2.45, 2.75) is 24.4 Å². The van der Waals surface area contributed by atoms with Crippen LogP contribution in [0.1, 0.15) is 18.4 Å². The molecule has 0 amide bonds. The molecule has 1 saturated carbocycles. The smallest absolute Gasteiger partial charge is 0.138 e. The molecular weight excluding hydrogens is 248 g/mol. The van der Waals surface area contributed by atoms with E-state index in [0.717, 1.165) is 18.8 Å². The number of benzene rings is 1. The van der Waals surface area contributed by atoms with E-state index in [1.807, 2.05) is 12.1 Å². The third-order valence-electron chi connectivity index (χ3n) is 4.11. The Bertz CT molecular complexity index is 453. The van der Waals surface area contributed by atoms with Crippen LogP contribution < -0.4 is 10.5 Å². The van der Waals surface area contributed by atoms with Gasteiger partial charge in [0.1, 0.15) is 11.9 Å². The molecule has 0 radical (unpaired) electrons. The molecule has 0 unspecified atom stereocenters. The van der Waals surface area contributed by atoms with Crippen molar-refractivity contribution in [3.63, 3.8) is 0 Å². The molecular formula is C14H19ClN2O. The lowest BCUT2D eigenvalue weighted by atomic mass is 9.96. The number of halogens is 1. The zero-order valence-electron chi connectivity index (χ0n) is 10.7. The Kier molecular flexibility index (Phi) is 3.00. The highest BCUT2D eigenvalue weighted by Gasteiger charge is 2.43. The summed E-state index contributed by atoms with van der Waals surface area (Å²) in [5, 5.41) is 0.710. The van der Waals surface area contributed by atoms with E-state index in [0.29, 0.717) is 11.6 Å². The van der Waals surface area contributed by atoms with Gasteiger partial charge in [-0.1, -0.05) is 17.7 Å². The molecule has 0 spiro atoms. The third kappa shape index (κ3) is 2.11. The number of rotatable bonds is 4. The monoisotopic (exact) mass is 266 g/mol. The van der Waals surface area contributed by atoms with Gasteiger partial charge in [-0.15, -0.1) is 0 Å². The van der Waals surface area contributed by atoms with Crippen LogP contribution in [0.25, 0.3) is 0 Å². The van der Waals surface area contributed by atoms with Crippen molar-refractivity contribution in [3.8, 4) is 5.75 Å². The van der Waals surface area contributed by atoms with E-state index < -0.39 is 0 Å². The van der Waals surface area contributed by atoms with Crippen molar-refractivity contribution in [2.24, 2.45) is 5.73 Å². The number of likely N-dealkylation sites (tertiary alicyclic amines) is 1. The molecule has 18 heavy (non-hydrogen) atoms. The lowest BCUT2D eigenvalue weighted by molar-refractivity contribution is 0.0389. The number of hydrogen-bond donors (Lipinski definition) is 1. The largest absolute Gasteiger partial charge is 0.486 e. The van der Waals surface area contributed by atoms with Gasteiger partial charge in [0.2, 0.25) is 0 Å². The Morgan fingerprint density at radius 1 is 1.44 bits per heavy atom. The summed E-state index contributed by atoms with van der Waals surface area (Å²) >= 11 is 6.30. The minimum absolute atomic E-state index is 0.193. The van der Waals surface area contributed by atoms with Crippen molar-refractivity contribution in [2.75, 3.05) is 26.7 Å². The van der Waals surface area contributed by atoms with Gasteiger partial charge in [0.05, 0.1) is 5.02 Å². The maximum absolute atomic E-state index is 6.30. The van der Waals surface area contributed by atoms with E-state index in [-0.39, 0.29) is 11.5 Å². The van der Waals surface area contributed by atoms with E-state index in [1.54, 1.807) is 0 Å². The Balaban J connectivity index is 1.73. The van der Waals surface area contributed by atoms with E-state index in [1.165, 1.54) is 18.4 Å². The van der Waals surface area contributed by atoms with Gasteiger partial charge in [-0.3, -0.25) is 4.90 Å². The number of nitrogens with two attached hydrogens (primary N) is 1. The van der Waals surface area contributed by atoms with Crippen LogP contribution in [0, 0.1) is 0 Å². The summed E-state index contributed by atoms with van der Waals surface area (Å²) in [6.07, 6.45) is 2.63. The topological polar surface area (TPSA) is 38.5 Å². The Morgan fingerprint density at radius 2 is 2.17 bits per heavy atom. The second-order valence-corrected chi connectivity index (χ2v) is 6.00. The van der Waals surface area contributed by atoms with E-state index in [4.69, 9.17) is 22.1 Å². The lowest BCUT2D eigenvalue weighted by Crippen LogP contribution is -2.51. The number of ether oxygens (including phenoxy) is 1. The Labute approximate surface area is 113 Å². The first kappa shape index (κ1) is 12.3. The normalized spacial score (nSPS) is 22.6. The van der Waals surface area contributed by atoms with Crippen LogP contribution in [0.15, 0.2) is 18.2 Å². The van der Waals surface area contributed by atoms with Gasteiger partial charge >= 0.3 is 0 Å². The van der Waals surface area contributed by atoms with E-state index in [2.05, 4.69) is 18.0 Å². The molecule has 0 atom stereocenters. The predicted molar refractivity (Wildman–Crippen MR) is 73.3 cm³/mol. The van der Waals surface area contributed by atoms with Gasteiger partial charge < -0.3 is 10.5 Å². The number of likely N-dealkylation sites (N-methyl/N-ethyl adjacent to an activating group) is 1. The van der Waals surface area contributed by atoms with Crippen LogP contribution in [0.4, 0.5) is 0 Å². The summed E-state index contributed by atoms with van der Waals surface area (Å²) in [5.74, 6) is 0.798. The molecule has 1 aliphatic carbocycles. The Morgan fingerprint density at radius 3 is 2.67 bits per heavy atom. The van der Waals surface area contributed by atoms with Crippen LogP contribution in [0.2, 0.25) is 5.02 Å². The third-order valence-corrected chi connectivity index (χ3v) is 4.41. The van der Waals surface area contributed by atoms with Crippen molar-refractivity contribution >= 4 is 11.6 Å². The molecule has 1 aliphatic heterocycles. The average molecular weight is 267 g/mol. The molecule has 4 heteroatoms. The second-order valence-electron chi connectivity index (χ2n) is 5.59. The molecule has 0 bridgehead atoms. The summed E-state index contributed by atoms with van der Waals surface area (Å²) in [7, 11) is 2.09. The fourth-order valence-electron chi connectivity index (χ4n) is 2.58. The van der Waals surface area contributed by atoms with Gasteiger partial charge in [-0.25, -0.2) is 0 Å². The molecule has 1 saturated heterocycles. The van der Waals surface area contributed by atoms with E-state index >= 15 is 0 Å². The molecule has 1 aromatic carbocycles. The highest BCUT2D eigenvalue weighted by Crippen LogP contribution is 2.48. The molecule has 3 nitrogen and oxygen atoms in total. The van der Waals surface area contributed by atoms with Crippen LogP contribution >= 0.6 is 11.6 Å². The summed E-state index contributed by atoms with van der Waals surface area (Å²) in [4.78, 5) is 2.22. The summed E-state index contributed by atoms with van der Waals surface area (Å²) in [6.45, 7) is 2.66. The number of hydrogen-bond acceptors (Lipinski definition) is 3. The fraction of sp³-hybridized carbons (Fsp3) is 0.571. The maximum atomic E-state index is 6.30. The molecule has 2 fully saturated rings. The van der Waals surface area contributed by atoms with Gasteiger partial charge in [0.25, 0.3) is 0 Å². The predicted octanol–water partition coefficient (Wildman–Crippen LogP) is 2.02. The lowest BCUT2D eigenvalue weighted by Gasteiger charge is -2.36. The summed E-state index contributed by atoms with van der Waals surface area (Å²) in [5.41, 5.74) is 7.29. The van der Waals surface area contributed by atoms with Gasteiger partial charge in [0, 0.05) is 25.0 Å². The second kappa shape index (κ2) is 4.41. The zero-order valence-corrected chi connectivity index (χ0v) is 11.4. The van der Waals surface area contributed by atoms with Gasteiger partial charge in [0.15, 0.2) is 0 Å². The Hall–Kier alpha value is -0.770. The number of nitrogens with zero attached hydrogens (tertiary/aromatic N) is 1.